The first-order valence-corrected chi connectivity index (χ1v) is 14.2. The predicted molar refractivity (Wildman–Crippen MR) is 157 cm³/mol. The zero-order valence-corrected chi connectivity index (χ0v) is 23.5. The number of rotatable bonds is 10. The van der Waals surface area contributed by atoms with Gasteiger partial charge in [0.25, 0.3) is 15.9 Å². The first-order valence-electron chi connectivity index (χ1n) is 12.4. The van der Waals surface area contributed by atoms with Crippen LogP contribution >= 0.6 is 11.6 Å². The van der Waals surface area contributed by atoms with Crippen LogP contribution in [0.2, 0.25) is 5.02 Å². The normalized spacial score (nSPS) is 11.4. The lowest BCUT2D eigenvalue weighted by atomic mass is 10.1. The standard InChI is InChI=1S/C30H28ClN3O5S/c1-3-39-29-17-23(12-16-28(29)35)19-32-33-30(36)24-13-10-22(11-14-24)20-34(27-18-25(31)15-9-21(27)2)40(37,38)26-7-5-4-6-8-26/h4-19,35H,3,20H2,1-2H3,(H,33,36). The van der Waals surface area contributed by atoms with Crippen LogP contribution in [-0.2, 0) is 16.6 Å². The number of hydrazone groups is 1. The highest BCUT2D eigenvalue weighted by Crippen LogP contribution is 2.31. The van der Waals surface area contributed by atoms with Crippen LogP contribution in [0.25, 0.3) is 0 Å². The fourth-order valence-corrected chi connectivity index (χ4v) is 5.61. The van der Waals surface area contributed by atoms with Crippen LogP contribution < -0.4 is 14.5 Å². The van der Waals surface area contributed by atoms with Crippen molar-refractivity contribution in [3.63, 3.8) is 0 Å². The van der Waals surface area contributed by atoms with Gasteiger partial charge in [-0.3, -0.25) is 9.10 Å². The van der Waals surface area contributed by atoms with Gasteiger partial charge in [0.2, 0.25) is 0 Å². The average molecular weight is 578 g/mol. The number of hydrogen-bond acceptors (Lipinski definition) is 6. The van der Waals surface area contributed by atoms with E-state index >= 15 is 0 Å². The number of benzene rings is 4. The molecule has 0 aromatic heterocycles. The fraction of sp³-hybridized carbons (Fsp3) is 0.133. The third kappa shape index (κ3) is 6.80. The maximum Gasteiger partial charge on any atom is 0.271 e. The molecule has 0 unspecified atom stereocenters. The minimum Gasteiger partial charge on any atom is -0.504 e. The van der Waals surface area contributed by atoms with Crippen molar-refractivity contribution in [1.29, 1.82) is 0 Å². The number of carbonyl (C=O) groups excluding carboxylic acids is 1. The monoisotopic (exact) mass is 577 g/mol. The highest BCUT2D eigenvalue weighted by Gasteiger charge is 2.26. The highest BCUT2D eigenvalue weighted by atomic mass is 35.5. The fourth-order valence-electron chi connectivity index (χ4n) is 3.91. The molecule has 4 rings (SSSR count). The zero-order valence-electron chi connectivity index (χ0n) is 21.9. The van der Waals surface area contributed by atoms with Gasteiger partial charge >= 0.3 is 0 Å². The number of hydrogen-bond donors (Lipinski definition) is 2. The van der Waals surface area contributed by atoms with E-state index in [4.69, 9.17) is 16.3 Å². The first kappa shape index (κ1) is 28.7. The minimum absolute atomic E-state index is 0.0174. The smallest absolute Gasteiger partial charge is 0.271 e. The van der Waals surface area contributed by atoms with Gasteiger partial charge in [-0.15, -0.1) is 0 Å². The number of nitrogens with one attached hydrogen (secondary N) is 1. The molecule has 10 heteroatoms. The van der Waals surface area contributed by atoms with Crippen molar-refractivity contribution in [3.05, 3.63) is 118 Å². The molecule has 1 amide bonds. The van der Waals surface area contributed by atoms with E-state index in [0.717, 1.165) is 5.56 Å². The van der Waals surface area contributed by atoms with Gasteiger partial charge in [0.15, 0.2) is 11.5 Å². The second-order valence-electron chi connectivity index (χ2n) is 8.81. The van der Waals surface area contributed by atoms with E-state index in [1.54, 1.807) is 84.9 Å². The van der Waals surface area contributed by atoms with Gasteiger partial charge in [0.05, 0.1) is 29.9 Å². The van der Waals surface area contributed by atoms with Crippen molar-refractivity contribution in [2.24, 2.45) is 5.10 Å². The van der Waals surface area contributed by atoms with Gasteiger partial charge in [-0.1, -0.05) is 48.0 Å². The number of amides is 1. The minimum atomic E-state index is -3.91. The second-order valence-corrected chi connectivity index (χ2v) is 11.1. The van der Waals surface area contributed by atoms with Gasteiger partial charge < -0.3 is 9.84 Å². The van der Waals surface area contributed by atoms with Gasteiger partial charge in [-0.05, 0) is 85.1 Å². The molecule has 4 aromatic rings. The lowest BCUT2D eigenvalue weighted by Gasteiger charge is -2.26. The number of phenols is 1. The summed E-state index contributed by atoms with van der Waals surface area (Å²) in [5.41, 5.74) is 5.33. The number of ether oxygens (including phenoxy) is 1. The summed E-state index contributed by atoms with van der Waals surface area (Å²) >= 11 is 6.23. The van der Waals surface area contributed by atoms with E-state index in [2.05, 4.69) is 10.5 Å². The molecule has 40 heavy (non-hydrogen) atoms. The second kappa shape index (κ2) is 12.7. The molecule has 0 bridgehead atoms. The third-order valence-corrected chi connectivity index (χ3v) is 7.99. The number of phenolic OH excluding ortho intramolecular Hbond substituents is 1. The SMILES string of the molecule is CCOc1cc(C=NNC(=O)c2ccc(CN(c3cc(Cl)ccc3C)S(=O)(=O)c3ccccc3)cc2)ccc1O. The molecular formula is C30H28ClN3O5S. The van der Waals surface area contributed by atoms with E-state index < -0.39 is 15.9 Å². The van der Waals surface area contributed by atoms with E-state index in [1.807, 2.05) is 13.8 Å². The summed E-state index contributed by atoms with van der Waals surface area (Å²) in [6.07, 6.45) is 1.44. The highest BCUT2D eigenvalue weighted by molar-refractivity contribution is 7.92. The molecule has 2 N–H and O–H groups in total. The summed E-state index contributed by atoms with van der Waals surface area (Å²) in [4.78, 5) is 12.8. The average Bonchev–Trinajstić information content (AvgIpc) is 2.95. The topological polar surface area (TPSA) is 108 Å². The van der Waals surface area contributed by atoms with E-state index in [9.17, 15) is 18.3 Å². The Labute approximate surface area is 238 Å². The van der Waals surface area contributed by atoms with Crippen molar-refractivity contribution in [1.82, 2.24) is 5.43 Å². The molecule has 8 nitrogen and oxygen atoms in total. The van der Waals surface area contributed by atoms with Crippen LogP contribution in [0.5, 0.6) is 11.5 Å². The van der Waals surface area contributed by atoms with Crippen molar-refractivity contribution in [2.75, 3.05) is 10.9 Å². The molecule has 0 spiro atoms. The van der Waals surface area contributed by atoms with Crippen LogP contribution in [0, 0.1) is 6.92 Å². The summed E-state index contributed by atoms with van der Waals surface area (Å²) in [5.74, 6) is -0.0977. The van der Waals surface area contributed by atoms with Crippen molar-refractivity contribution >= 4 is 39.4 Å². The van der Waals surface area contributed by atoms with Gasteiger partial charge in [0.1, 0.15) is 0 Å². The molecule has 206 valence electrons. The van der Waals surface area contributed by atoms with Gasteiger partial charge in [-0.25, -0.2) is 13.8 Å². The largest absolute Gasteiger partial charge is 0.504 e. The van der Waals surface area contributed by atoms with Gasteiger partial charge in [-0.2, -0.15) is 5.10 Å². The molecule has 0 saturated heterocycles. The Morgan fingerprint density at radius 2 is 1.75 bits per heavy atom. The van der Waals surface area contributed by atoms with Crippen LogP contribution in [0.15, 0.2) is 101 Å². The van der Waals surface area contributed by atoms with Gasteiger partial charge in [0, 0.05) is 10.6 Å². The summed E-state index contributed by atoms with van der Waals surface area (Å²) in [5, 5.41) is 14.2. The lowest BCUT2D eigenvalue weighted by Crippen LogP contribution is -2.31. The molecule has 0 fully saturated rings. The summed E-state index contributed by atoms with van der Waals surface area (Å²) in [6, 6.07) is 24.6. The molecule has 0 heterocycles. The van der Waals surface area contributed by atoms with Crippen molar-refractivity contribution < 1.29 is 23.1 Å². The number of sulfonamides is 1. The molecule has 0 atom stereocenters. The zero-order chi connectivity index (χ0) is 28.7. The molecule has 0 aliphatic heterocycles. The summed E-state index contributed by atoms with van der Waals surface area (Å²) in [7, 11) is -3.91. The Morgan fingerprint density at radius 1 is 1.02 bits per heavy atom. The summed E-state index contributed by atoms with van der Waals surface area (Å²) < 4.78 is 34.0. The molecule has 0 saturated carbocycles. The number of aromatic hydroxyl groups is 1. The number of halogens is 1. The van der Waals surface area contributed by atoms with Crippen molar-refractivity contribution in [3.8, 4) is 11.5 Å². The van der Waals surface area contributed by atoms with Crippen LogP contribution in [-0.4, -0.2) is 32.3 Å². The summed E-state index contributed by atoms with van der Waals surface area (Å²) in [6.45, 7) is 4.06. The number of aryl methyl sites for hydroxylation is 1. The number of carbonyl (C=O) groups is 1. The first-order chi connectivity index (χ1) is 19.2. The van der Waals surface area contributed by atoms with Crippen molar-refractivity contribution in [2.45, 2.75) is 25.3 Å². The Morgan fingerprint density at radius 3 is 2.45 bits per heavy atom. The Kier molecular flexibility index (Phi) is 9.08. The molecule has 0 aliphatic carbocycles. The molecular weight excluding hydrogens is 550 g/mol. The number of anilines is 1. The van der Waals surface area contributed by atoms with E-state index in [1.165, 1.54) is 16.6 Å². The maximum absolute atomic E-state index is 13.7. The molecule has 0 radical (unpaired) electrons. The van der Waals surface area contributed by atoms with Crippen LogP contribution in [0.4, 0.5) is 5.69 Å². The molecule has 4 aromatic carbocycles. The molecule has 0 aliphatic rings. The Balaban J connectivity index is 1.52. The number of nitrogens with zero attached hydrogens (tertiary/aromatic N) is 2. The predicted octanol–water partition coefficient (Wildman–Crippen LogP) is 5.91. The third-order valence-electron chi connectivity index (χ3n) is 5.98. The van der Waals surface area contributed by atoms with E-state index in [-0.39, 0.29) is 17.2 Å². The Hall–Kier alpha value is -4.34. The van der Waals surface area contributed by atoms with Crippen LogP contribution in [0.3, 0.4) is 0 Å². The van der Waals surface area contributed by atoms with E-state index in [0.29, 0.717) is 39.8 Å². The van der Waals surface area contributed by atoms with Crippen LogP contribution in [0.1, 0.15) is 34.0 Å². The maximum atomic E-state index is 13.7. The quantitative estimate of drug-likeness (QED) is 0.180. The lowest BCUT2D eigenvalue weighted by molar-refractivity contribution is 0.0955. The Bertz CT molecular complexity index is 1630.